The maximum atomic E-state index is 12.6. The summed E-state index contributed by atoms with van der Waals surface area (Å²) in [5.74, 6) is -0.463. The van der Waals surface area contributed by atoms with Crippen LogP contribution in [0.2, 0.25) is 0 Å². The highest BCUT2D eigenvalue weighted by atomic mass is 16.5. The lowest BCUT2D eigenvalue weighted by molar-refractivity contribution is -0.117. The Morgan fingerprint density at radius 2 is 1.96 bits per heavy atom. The van der Waals surface area contributed by atoms with E-state index in [1.165, 1.54) is 6.07 Å². The fraction of sp³-hybridized carbons (Fsp3) is 0.200. The Hall–Kier alpha value is -3.28. The van der Waals surface area contributed by atoms with Gasteiger partial charge in [0.25, 0.3) is 0 Å². The first-order valence-electron chi connectivity index (χ1n) is 8.20. The van der Waals surface area contributed by atoms with E-state index < -0.39 is 17.1 Å². The van der Waals surface area contributed by atoms with E-state index in [0.29, 0.717) is 22.5 Å². The van der Waals surface area contributed by atoms with Crippen LogP contribution in [0.3, 0.4) is 0 Å². The van der Waals surface area contributed by atoms with Crippen molar-refractivity contribution < 1.29 is 19.1 Å². The van der Waals surface area contributed by atoms with Crippen LogP contribution in [0.25, 0.3) is 22.3 Å². The van der Waals surface area contributed by atoms with Crippen LogP contribution >= 0.6 is 0 Å². The average Bonchev–Trinajstić information content (AvgIpc) is 2.58. The number of benzene rings is 2. The third-order valence-electron chi connectivity index (χ3n) is 3.80. The molecule has 0 aliphatic carbocycles. The number of fused-ring (bicyclic) bond motifs is 1. The predicted molar refractivity (Wildman–Crippen MR) is 98.2 cm³/mol. The Balaban J connectivity index is 2.19. The zero-order chi connectivity index (χ0) is 18.8. The van der Waals surface area contributed by atoms with Crippen molar-refractivity contribution in [1.29, 1.82) is 0 Å². The van der Waals surface area contributed by atoms with Crippen molar-refractivity contribution in [2.45, 2.75) is 26.4 Å². The van der Waals surface area contributed by atoms with Gasteiger partial charge in [-0.3, -0.25) is 9.59 Å². The van der Waals surface area contributed by atoms with E-state index in [2.05, 4.69) is 0 Å². The van der Waals surface area contributed by atoms with Gasteiger partial charge in [-0.25, -0.2) is 0 Å². The number of aromatic hydroxyl groups is 1. The average molecular weight is 353 g/mol. The molecule has 0 atom stereocenters. The van der Waals surface area contributed by atoms with E-state index in [1.54, 1.807) is 36.4 Å². The topological polar surface area (TPSA) is 103 Å². The lowest BCUT2D eigenvalue weighted by Gasteiger charge is -2.14. The first kappa shape index (κ1) is 17.5. The van der Waals surface area contributed by atoms with E-state index in [1.807, 2.05) is 13.8 Å². The highest BCUT2D eigenvalue weighted by molar-refractivity contribution is 5.85. The SMILES string of the molecule is CC(C)Oc1ccccc1-c1oc2ccc(CC(N)=O)cc2c(=O)c1O. The van der Waals surface area contributed by atoms with Crippen molar-refractivity contribution in [2.75, 3.05) is 0 Å². The molecule has 0 aliphatic rings. The summed E-state index contributed by atoms with van der Waals surface area (Å²) in [4.78, 5) is 23.7. The smallest absolute Gasteiger partial charge is 0.235 e. The molecule has 3 N–H and O–H groups in total. The molecule has 0 fully saturated rings. The van der Waals surface area contributed by atoms with Crippen LogP contribution in [0.5, 0.6) is 11.5 Å². The number of ether oxygens (including phenoxy) is 1. The molecule has 3 aromatic rings. The molecular weight excluding hydrogens is 334 g/mol. The van der Waals surface area contributed by atoms with Gasteiger partial charge in [0.2, 0.25) is 17.1 Å². The molecule has 6 nitrogen and oxygen atoms in total. The molecule has 0 spiro atoms. The number of nitrogens with two attached hydrogens (primary N) is 1. The van der Waals surface area contributed by atoms with Crippen molar-refractivity contribution >= 4 is 16.9 Å². The number of hydrogen-bond donors (Lipinski definition) is 2. The zero-order valence-corrected chi connectivity index (χ0v) is 14.5. The minimum absolute atomic E-state index is 0.00293. The van der Waals surface area contributed by atoms with Crippen molar-refractivity contribution in [3.05, 3.63) is 58.3 Å². The number of primary amides is 1. The molecular formula is C20H19NO5. The van der Waals surface area contributed by atoms with Gasteiger partial charge in [0.1, 0.15) is 11.3 Å². The largest absolute Gasteiger partial charge is 0.502 e. The molecule has 0 unspecified atom stereocenters. The van der Waals surface area contributed by atoms with E-state index in [0.717, 1.165) is 0 Å². The van der Waals surface area contributed by atoms with Crippen molar-refractivity contribution in [3.8, 4) is 22.8 Å². The Morgan fingerprint density at radius 3 is 2.65 bits per heavy atom. The summed E-state index contributed by atoms with van der Waals surface area (Å²) in [6, 6.07) is 11.8. The normalized spacial score (nSPS) is 11.0. The molecule has 0 aliphatic heterocycles. The zero-order valence-electron chi connectivity index (χ0n) is 14.5. The highest BCUT2D eigenvalue weighted by Crippen LogP contribution is 2.36. The first-order chi connectivity index (χ1) is 12.4. The van der Waals surface area contributed by atoms with Gasteiger partial charge in [0.05, 0.1) is 23.5 Å². The third-order valence-corrected chi connectivity index (χ3v) is 3.80. The Morgan fingerprint density at radius 1 is 1.23 bits per heavy atom. The van der Waals surface area contributed by atoms with Gasteiger partial charge in [-0.15, -0.1) is 0 Å². The summed E-state index contributed by atoms with van der Waals surface area (Å²) < 4.78 is 11.5. The lowest BCUT2D eigenvalue weighted by atomic mass is 10.1. The van der Waals surface area contributed by atoms with E-state index in [9.17, 15) is 14.7 Å². The van der Waals surface area contributed by atoms with Gasteiger partial charge in [-0.05, 0) is 43.7 Å². The predicted octanol–water partition coefficient (Wildman–Crippen LogP) is 2.98. The molecule has 1 aromatic heterocycles. The van der Waals surface area contributed by atoms with Crippen molar-refractivity contribution in [1.82, 2.24) is 0 Å². The molecule has 1 amide bonds. The molecule has 134 valence electrons. The van der Waals surface area contributed by atoms with Gasteiger partial charge < -0.3 is 20.0 Å². The van der Waals surface area contributed by atoms with Crippen LogP contribution in [-0.4, -0.2) is 17.1 Å². The number of para-hydroxylation sites is 1. The lowest BCUT2D eigenvalue weighted by Crippen LogP contribution is -2.14. The maximum Gasteiger partial charge on any atom is 0.235 e. The van der Waals surface area contributed by atoms with Gasteiger partial charge in [-0.2, -0.15) is 0 Å². The molecule has 26 heavy (non-hydrogen) atoms. The minimum Gasteiger partial charge on any atom is -0.502 e. The van der Waals surface area contributed by atoms with Gasteiger partial charge >= 0.3 is 0 Å². The molecule has 0 saturated carbocycles. The monoisotopic (exact) mass is 353 g/mol. The van der Waals surface area contributed by atoms with Crippen molar-refractivity contribution in [2.24, 2.45) is 5.73 Å². The van der Waals surface area contributed by atoms with Gasteiger partial charge in [-0.1, -0.05) is 18.2 Å². The quantitative estimate of drug-likeness (QED) is 0.734. The maximum absolute atomic E-state index is 12.6. The Bertz CT molecular complexity index is 1040. The summed E-state index contributed by atoms with van der Waals surface area (Å²) in [7, 11) is 0. The minimum atomic E-state index is -0.577. The second kappa shape index (κ2) is 6.92. The summed E-state index contributed by atoms with van der Waals surface area (Å²) in [6.45, 7) is 3.76. The summed E-state index contributed by atoms with van der Waals surface area (Å²) >= 11 is 0. The van der Waals surface area contributed by atoms with Gasteiger partial charge in [0, 0.05) is 0 Å². The second-order valence-corrected chi connectivity index (χ2v) is 6.25. The van der Waals surface area contributed by atoms with E-state index in [4.69, 9.17) is 14.9 Å². The molecule has 1 heterocycles. The summed E-state index contributed by atoms with van der Waals surface area (Å²) in [5, 5.41) is 10.6. The first-order valence-corrected chi connectivity index (χ1v) is 8.20. The molecule has 0 saturated heterocycles. The van der Waals surface area contributed by atoms with Crippen molar-refractivity contribution in [3.63, 3.8) is 0 Å². The molecule has 0 bridgehead atoms. The second-order valence-electron chi connectivity index (χ2n) is 6.25. The number of rotatable bonds is 5. The van der Waals surface area contributed by atoms with Gasteiger partial charge in [0.15, 0.2) is 5.76 Å². The molecule has 6 heteroatoms. The fourth-order valence-corrected chi connectivity index (χ4v) is 2.74. The van der Waals surface area contributed by atoms with Crippen LogP contribution in [0.4, 0.5) is 0 Å². The molecule has 3 rings (SSSR count). The van der Waals surface area contributed by atoms with Crippen LogP contribution in [-0.2, 0) is 11.2 Å². The standard InChI is InChI=1S/C20H19NO5/c1-11(2)25-15-6-4-3-5-13(15)20-19(24)18(23)14-9-12(10-17(21)22)7-8-16(14)26-20/h3-9,11,24H,10H2,1-2H3,(H2,21,22). The van der Waals surface area contributed by atoms with Crippen LogP contribution in [0.1, 0.15) is 19.4 Å². The molecule has 2 aromatic carbocycles. The Kier molecular flexibility index (Phi) is 4.67. The molecule has 0 radical (unpaired) electrons. The summed E-state index contributed by atoms with van der Waals surface area (Å²) in [6.07, 6.45) is -0.0787. The number of carbonyl (C=O) groups is 1. The van der Waals surface area contributed by atoms with Crippen LogP contribution < -0.4 is 15.9 Å². The number of hydrogen-bond acceptors (Lipinski definition) is 5. The fourth-order valence-electron chi connectivity index (χ4n) is 2.74. The van der Waals surface area contributed by atoms with Crippen LogP contribution in [0, 0.1) is 0 Å². The van der Waals surface area contributed by atoms with Crippen LogP contribution in [0.15, 0.2) is 51.7 Å². The highest BCUT2D eigenvalue weighted by Gasteiger charge is 2.19. The Labute approximate surface area is 149 Å². The third kappa shape index (κ3) is 3.39. The van der Waals surface area contributed by atoms with E-state index >= 15 is 0 Å². The number of carbonyl (C=O) groups excluding carboxylic acids is 1. The summed E-state index contributed by atoms with van der Waals surface area (Å²) in [5.41, 5.74) is 5.98. The number of amides is 1. The van der Waals surface area contributed by atoms with E-state index in [-0.39, 0.29) is 23.7 Å².